The van der Waals surface area contributed by atoms with Gasteiger partial charge in [0.25, 0.3) is 0 Å². The van der Waals surface area contributed by atoms with Crippen LogP contribution in [0.2, 0.25) is 0 Å². The first-order valence-corrected chi connectivity index (χ1v) is 6.27. The highest BCUT2D eigenvalue weighted by atomic mass is 31.2. The van der Waals surface area contributed by atoms with Crippen molar-refractivity contribution in [1.29, 1.82) is 0 Å². The molecule has 0 fully saturated rings. The summed E-state index contributed by atoms with van der Waals surface area (Å²) in [6.45, 7) is 0. The second-order valence-corrected chi connectivity index (χ2v) is 4.95. The molecule has 0 N–H and O–H groups in total. The highest BCUT2D eigenvalue weighted by Crippen LogP contribution is 2.32. The molecule has 0 aliphatic carbocycles. The van der Waals surface area contributed by atoms with Crippen LogP contribution >= 0.6 is 7.60 Å². The van der Waals surface area contributed by atoms with E-state index in [9.17, 15) is 14.4 Å². The monoisotopic (exact) mass is 220 g/mol. The van der Waals surface area contributed by atoms with Crippen molar-refractivity contribution in [3.05, 3.63) is 48.0 Å². The zero-order valence-corrected chi connectivity index (χ0v) is 8.81. The molecular formula is C11H9O3P-2. The Morgan fingerprint density at radius 3 is 2.40 bits per heavy atom. The fourth-order valence-corrected chi connectivity index (χ4v) is 2.33. The molecule has 0 heterocycles. The smallest absolute Gasteiger partial charge is 0.000837 e. The standard InChI is InChI=1S/C11H11O3P/c12-15(13,14)8-10-6-3-5-9-4-1-2-7-11(9)10/h1-7H,8H2,(H2,12,13,14)/p-2. The molecule has 2 aromatic carbocycles. The maximum absolute atomic E-state index is 10.7. The molecule has 0 unspecified atom stereocenters. The summed E-state index contributed by atoms with van der Waals surface area (Å²) in [5.74, 6) is 0. The van der Waals surface area contributed by atoms with Gasteiger partial charge in [-0.1, -0.05) is 50.1 Å². The highest BCUT2D eigenvalue weighted by molar-refractivity contribution is 7.47. The fourth-order valence-electron chi connectivity index (χ4n) is 1.64. The van der Waals surface area contributed by atoms with Gasteiger partial charge in [-0.05, 0) is 16.3 Å². The van der Waals surface area contributed by atoms with E-state index in [0.29, 0.717) is 5.56 Å². The Morgan fingerprint density at radius 2 is 1.67 bits per heavy atom. The molecule has 2 rings (SSSR count). The molecule has 0 radical (unpaired) electrons. The molecule has 0 amide bonds. The minimum Gasteiger partial charge on any atom is -0.810 e. The number of fused-ring (bicyclic) bond motifs is 1. The molecule has 0 atom stereocenters. The Labute approximate surface area is 87.5 Å². The van der Waals surface area contributed by atoms with Crippen molar-refractivity contribution in [2.24, 2.45) is 0 Å². The van der Waals surface area contributed by atoms with Crippen molar-refractivity contribution < 1.29 is 14.4 Å². The maximum atomic E-state index is 10.7. The number of benzene rings is 2. The predicted octanol–water partition coefficient (Wildman–Crippen LogP) is 1.25. The normalized spacial score (nSPS) is 11.9. The summed E-state index contributed by atoms with van der Waals surface area (Å²) in [7, 11) is -4.49. The average molecular weight is 220 g/mol. The van der Waals surface area contributed by atoms with Crippen molar-refractivity contribution in [1.82, 2.24) is 0 Å². The molecule has 0 aromatic heterocycles. The number of rotatable bonds is 2. The van der Waals surface area contributed by atoms with Crippen LogP contribution in [0.25, 0.3) is 10.8 Å². The first kappa shape index (κ1) is 10.4. The van der Waals surface area contributed by atoms with Crippen molar-refractivity contribution in [3.63, 3.8) is 0 Å². The van der Waals surface area contributed by atoms with Crippen LogP contribution in [0.5, 0.6) is 0 Å². The van der Waals surface area contributed by atoms with E-state index in [-0.39, 0.29) is 0 Å². The lowest BCUT2D eigenvalue weighted by atomic mass is 10.1. The van der Waals surface area contributed by atoms with E-state index >= 15 is 0 Å². The van der Waals surface area contributed by atoms with Gasteiger partial charge in [0.15, 0.2) is 0 Å². The van der Waals surface area contributed by atoms with Gasteiger partial charge in [-0.25, -0.2) is 0 Å². The summed E-state index contributed by atoms with van der Waals surface area (Å²) in [6.07, 6.45) is -0.422. The molecule has 0 aliphatic rings. The van der Waals surface area contributed by atoms with Crippen molar-refractivity contribution in [2.75, 3.05) is 0 Å². The summed E-state index contributed by atoms with van der Waals surface area (Å²) in [5, 5.41) is 1.77. The molecule has 0 spiro atoms. The Morgan fingerprint density at radius 1 is 1.00 bits per heavy atom. The predicted molar refractivity (Wildman–Crippen MR) is 55.3 cm³/mol. The second kappa shape index (κ2) is 3.78. The number of hydrogen-bond donors (Lipinski definition) is 0. The Balaban J connectivity index is 2.56. The van der Waals surface area contributed by atoms with E-state index in [2.05, 4.69) is 0 Å². The van der Waals surface area contributed by atoms with Crippen LogP contribution in [0.4, 0.5) is 0 Å². The lowest BCUT2D eigenvalue weighted by molar-refractivity contribution is -0.314. The van der Waals surface area contributed by atoms with Gasteiger partial charge < -0.3 is 14.4 Å². The van der Waals surface area contributed by atoms with Gasteiger partial charge in [-0.2, -0.15) is 0 Å². The minimum atomic E-state index is -4.49. The maximum Gasteiger partial charge on any atom is 0.000837 e. The third-order valence-corrected chi connectivity index (χ3v) is 2.97. The topological polar surface area (TPSA) is 63.2 Å². The molecular weight excluding hydrogens is 211 g/mol. The number of hydrogen-bond acceptors (Lipinski definition) is 3. The van der Waals surface area contributed by atoms with Gasteiger partial charge in [-0.3, -0.25) is 0 Å². The van der Waals surface area contributed by atoms with Crippen LogP contribution in [-0.2, 0) is 10.7 Å². The first-order valence-electron chi connectivity index (χ1n) is 4.54. The summed E-state index contributed by atoms with van der Waals surface area (Å²) < 4.78 is 10.7. The lowest BCUT2D eigenvalue weighted by Gasteiger charge is -2.29. The van der Waals surface area contributed by atoms with Crippen molar-refractivity contribution in [3.8, 4) is 0 Å². The summed E-state index contributed by atoms with van der Waals surface area (Å²) in [6, 6.07) is 12.7. The van der Waals surface area contributed by atoms with Crippen LogP contribution in [0.3, 0.4) is 0 Å². The molecule has 3 nitrogen and oxygen atoms in total. The fraction of sp³-hybridized carbons (Fsp3) is 0.0909. The largest absolute Gasteiger partial charge is 0.810 e. The molecule has 0 bridgehead atoms. The van der Waals surface area contributed by atoms with E-state index in [1.165, 1.54) is 0 Å². The van der Waals surface area contributed by atoms with Gasteiger partial charge in [0.1, 0.15) is 0 Å². The van der Waals surface area contributed by atoms with Gasteiger partial charge in [-0.15, -0.1) is 0 Å². The van der Waals surface area contributed by atoms with Crippen LogP contribution in [0.1, 0.15) is 5.56 Å². The molecule has 4 heteroatoms. The zero-order valence-electron chi connectivity index (χ0n) is 7.92. The average Bonchev–Trinajstić information content (AvgIpc) is 2.16. The molecule has 78 valence electrons. The second-order valence-electron chi connectivity index (χ2n) is 3.41. The Kier molecular flexibility index (Phi) is 2.61. The van der Waals surface area contributed by atoms with Crippen molar-refractivity contribution in [2.45, 2.75) is 6.16 Å². The van der Waals surface area contributed by atoms with E-state index < -0.39 is 13.8 Å². The van der Waals surface area contributed by atoms with E-state index in [1.54, 1.807) is 12.1 Å². The Bertz CT molecular complexity index is 525. The summed E-state index contributed by atoms with van der Waals surface area (Å²) in [4.78, 5) is 21.4. The van der Waals surface area contributed by atoms with Crippen molar-refractivity contribution >= 4 is 18.4 Å². The molecule has 0 saturated carbocycles. The highest BCUT2D eigenvalue weighted by Gasteiger charge is 2.01. The quantitative estimate of drug-likeness (QED) is 0.715. The van der Waals surface area contributed by atoms with Crippen LogP contribution < -0.4 is 9.79 Å². The van der Waals surface area contributed by atoms with Gasteiger partial charge in [0.05, 0.1) is 0 Å². The first-order chi connectivity index (χ1) is 7.06. The van der Waals surface area contributed by atoms with Gasteiger partial charge in [0, 0.05) is 6.16 Å². The lowest BCUT2D eigenvalue weighted by Crippen LogP contribution is -2.15. The van der Waals surface area contributed by atoms with Gasteiger partial charge in [0.2, 0.25) is 0 Å². The third kappa shape index (κ3) is 2.45. The zero-order chi connectivity index (χ0) is 10.9. The minimum absolute atomic E-state index is 0.422. The van der Waals surface area contributed by atoms with E-state index in [1.807, 2.05) is 30.3 Å². The molecule has 0 aliphatic heterocycles. The summed E-state index contributed by atoms with van der Waals surface area (Å²) >= 11 is 0. The van der Waals surface area contributed by atoms with Crippen LogP contribution in [0.15, 0.2) is 42.5 Å². The summed E-state index contributed by atoms with van der Waals surface area (Å²) in [5.41, 5.74) is 0.571. The van der Waals surface area contributed by atoms with E-state index in [4.69, 9.17) is 0 Å². The third-order valence-electron chi connectivity index (χ3n) is 2.24. The van der Waals surface area contributed by atoms with Crippen LogP contribution in [-0.4, -0.2) is 0 Å². The van der Waals surface area contributed by atoms with E-state index in [0.717, 1.165) is 10.8 Å². The Hall–Kier alpha value is -1.15. The SMILES string of the molecule is O=P([O-])([O-])Cc1cccc2ccccc12. The molecule has 0 saturated heterocycles. The van der Waals surface area contributed by atoms with Crippen LogP contribution in [0, 0.1) is 0 Å². The molecule has 2 aromatic rings. The molecule has 15 heavy (non-hydrogen) atoms. The van der Waals surface area contributed by atoms with Gasteiger partial charge >= 0.3 is 0 Å².